The van der Waals surface area contributed by atoms with Gasteiger partial charge in [0.2, 0.25) is 6.10 Å². The van der Waals surface area contributed by atoms with Crippen molar-refractivity contribution in [1.29, 1.82) is 0 Å². The van der Waals surface area contributed by atoms with E-state index in [4.69, 9.17) is 22.1 Å². The molecular weight excluding hydrogens is 328 g/mol. The largest absolute Gasteiger partial charge is 0.444 e. The van der Waals surface area contributed by atoms with Crippen LogP contribution in [0.2, 0.25) is 5.02 Å². The van der Waals surface area contributed by atoms with Crippen LogP contribution in [-0.4, -0.2) is 17.9 Å². The second-order valence-corrected chi connectivity index (χ2v) is 6.12. The topological polar surface area (TPSA) is 81.4 Å². The van der Waals surface area contributed by atoms with Crippen LogP contribution in [0.3, 0.4) is 0 Å². The normalized spacial score (nSPS) is 14.7. The van der Waals surface area contributed by atoms with Crippen LogP contribution in [0, 0.1) is 0 Å². The van der Waals surface area contributed by atoms with Gasteiger partial charge in [-0.2, -0.15) is 0 Å². The van der Waals surface area contributed by atoms with Gasteiger partial charge in [-0.25, -0.2) is 4.79 Å². The highest BCUT2D eigenvalue weighted by Gasteiger charge is 2.31. The maximum Gasteiger partial charge on any atom is 0.339 e. The molecule has 0 spiro atoms. The summed E-state index contributed by atoms with van der Waals surface area (Å²) in [5.74, 6) is -0.947. The molecule has 0 unspecified atom stereocenters. The molecule has 1 aliphatic carbocycles. The Bertz CT molecular complexity index is 760. The highest BCUT2D eigenvalue weighted by Crippen LogP contribution is 2.25. The van der Waals surface area contributed by atoms with Crippen LogP contribution < -0.4 is 11.1 Å². The first-order valence-electron chi connectivity index (χ1n) is 7.66. The first kappa shape index (κ1) is 16.3. The Morgan fingerprint density at radius 1 is 1.17 bits per heavy atom. The summed E-state index contributed by atoms with van der Waals surface area (Å²) in [6, 6.07) is 13.6. The second-order valence-electron chi connectivity index (χ2n) is 5.72. The van der Waals surface area contributed by atoms with Gasteiger partial charge >= 0.3 is 5.97 Å². The quantitative estimate of drug-likeness (QED) is 0.645. The number of esters is 1. The third kappa shape index (κ3) is 3.86. The Labute approximate surface area is 144 Å². The summed E-state index contributed by atoms with van der Waals surface area (Å²) in [7, 11) is 0. The van der Waals surface area contributed by atoms with Crippen LogP contribution >= 0.6 is 11.6 Å². The molecule has 6 heteroatoms. The molecule has 0 heterocycles. The molecule has 3 N–H and O–H groups in total. The van der Waals surface area contributed by atoms with Crippen LogP contribution in [0.1, 0.15) is 34.9 Å². The standard InChI is InChI=1S/C18H17ClN2O3/c19-14-9-6-12(10-15(14)20)18(23)24-16(11-4-2-1-3-5-11)17(22)21-13-7-8-13/h1-6,9-10,13,16H,7-8,20H2,(H,21,22)/t16-/m0/s1. The van der Waals surface area contributed by atoms with Crippen molar-refractivity contribution in [2.45, 2.75) is 25.0 Å². The number of amides is 1. The van der Waals surface area contributed by atoms with E-state index in [2.05, 4.69) is 5.32 Å². The van der Waals surface area contributed by atoms with E-state index in [1.807, 2.05) is 6.07 Å². The van der Waals surface area contributed by atoms with E-state index in [1.54, 1.807) is 24.3 Å². The van der Waals surface area contributed by atoms with Crippen molar-refractivity contribution in [3.05, 3.63) is 64.7 Å². The summed E-state index contributed by atoms with van der Waals surface area (Å²) in [6.07, 6.45) is 0.903. The highest BCUT2D eigenvalue weighted by atomic mass is 35.5. The molecule has 1 aliphatic rings. The van der Waals surface area contributed by atoms with Gasteiger partial charge in [-0.15, -0.1) is 0 Å². The van der Waals surface area contributed by atoms with Crippen molar-refractivity contribution < 1.29 is 14.3 Å². The fraction of sp³-hybridized carbons (Fsp3) is 0.222. The van der Waals surface area contributed by atoms with Crippen LogP contribution in [0.4, 0.5) is 5.69 Å². The van der Waals surface area contributed by atoms with E-state index in [9.17, 15) is 9.59 Å². The number of halogens is 1. The van der Waals surface area contributed by atoms with Crippen molar-refractivity contribution in [2.75, 3.05) is 5.73 Å². The predicted octanol–water partition coefficient (Wildman–Crippen LogP) is 3.10. The molecule has 1 atom stereocenters. The number of ether oxygens (including phenoxy) is 1. The van der Waals surface area contributed by atoms with Gasteiger partial charge in [0.25, 0.3) is 5.91 Å². The summed E-state index contributed by atoms with van der Waals surface area (Å²) < 4.78 is 5.46. The monoisotopic (exact) mass is 344 g/mol. The van der Waals surface area contributed by atoms with Crippen molar-refractivity contribution in [1.82, 2.24) is 5.32 Å². The number of carbonyl (C=O) groups is 2. The summed E-state index contributed by atoms with van der Waals surface area (Å²) in [5, 5.41) is 3.23. The van der Waals surface area contributed by atoms with Crippen molar-refractivity contribution >= 4 is 29.2 Å². The molecular formula is C18H17ClN2O3. The Hall–Kier alpha value is -2.53. The maximum atomic E-state index is 12.4. The Balaban J connectivity index is 1.81. The van der Waals surface area contributed by atoms with Gasteiger partial charge in [0.1, 0.15) is 0 Å². The lowest BCUT2D eigenvalue weighted by atomic mass is 10.1. The lowest BCUT2D eigenvalue weighted by Gasteiger charge is -2.18. The zero-order chi connectivity index (χ0) is 17.1. The zero-order valence-electron chi connectivity index (χ0n) is 12.9. The Morgan fingerprint density at radius 3 is 2.50 bits per heavy atom. The molecule has 5 nitrogen and oxygen atoms in total. The minimum Gasteiger partial charge on any atom is -0.444 e. The third-order valence-electron chi connectivity index (χ3n) is 3.72. The molecule has 0 aromatic heterocycles. The molecule has 1 amide bonds. The summed E-state index contributed by atoms with van der Waals surface area (Å²) in [5.41, 5.74) is 6.86. The molecule has 3 rings (SSSR count). The van der Waals surface area contributed by atoms with E-state index >= 15 is 0 Å². The smallest absolute Gasteiger partial charge is 0.339 e. The number of nitrogen functional groups attached to an aromatic ring is 1. The second kappa shape index (κ2) is 6.93. The number of hydrogen-bond acceptors (Lipinski definition) is 4. The molecule has 2 aromatic rings. The van der Waals surface area contributed by atoms with Crippen molar-refractivity contribution in [3.8, 4) is 0 Å². The van der Waals surface area contributed by atoms with Gasteiger partial charge in [0.05, 0.1) is 16.3 Å². The average Bonchev–Trinajstić information content (AvgIpc) is 3.39. The molecule has 2 aromatic carbocycles. The first-order chi connectivity index (χ1) is 11.5. The molecule has 124 valence electrons. The number of carbonyl (C=O) groups excluding carboxylic acids is 2. The maximum absolute atomic E-state index is 12.4. The summed E-state index contributed by atoms with van der Waals surface area (Å²) in [4.78, 5) is 24.8. The van der Waals surface area contributed by atoms with Crippen molar-refractivity contribution in [3.63, 3.8) is 0 Å². The Kier molecular flexibility index (Phi) is 4.71. The van der Waals surface area contributed by atoms with Crippen LogP contribution in [0.5, 0.6) is 0 Å². The van der Waals surface area contributed by atoms with Gasteiger partial charge in [0.15, 0.2) is 0 Å². The van der Waals surface area contributed by atoms with Crippen LogP contribution in [-0.2, 0) is 9.53 Å². The summed E-state index contributed by atoms with van der Waals surface area (Å²) in [6.45, 7) is 0. The van der Waals surface area contributed by atoms with Gasteiger partial charge < -0.3 is 15.8 Å². The SMILES string of the molecule is Nc1cc(C(=O)O[C@H](C(=O)NC2CC2)c2ccccc2)ccc1Cl. The predicted molar refractivity (Wildman–Crippen MR) is 91.6 cm³/mol. The fourth-order valence-electron chi connectivity index (χ4n) is 2.25. The number of nitrogens with two attached hydrogens (primary N) is 1. The van der Waals surface area contributed by atoms with Gasteiger partial charge in [-0.1, -0.05) is 41.9 Å². The molecule has 0 radical (unpaired) electrons. The van der Waals surface area contributed by atoms with Gasteiger partial charge in [0, 0.05) is 11.6 Å². The summed E-state index contributed by atoms with van der Waals surface area (Å²) >= 11 is 5.86. The van der Waals surface area contributed by atoms with E-state index in [0.717, 1.165) is 12.8 Å². The number of anilines is 1. The van der Waals surface area contributed by atoms with Gasteiger partial charge in [-0.05, 0) is 31.0 Å². The number of rotatable bonds is 5. The number of nitrogens with one attached hydrogen (secondary N) is 1. The molecule has 1 fully saturated rings. The molecule has 1 saturated carbocycles. The lowest BCUT2D eigenvalue weighted by Crippen LogP contribution is -2.33. The highest BCUT2D eigenvalue weighted by molar-refractivity contribution is 6.33. The minimum atomic E-state index is -1.00. The molecule has 0 saturated heterocycles. The van der Waals surface area contributed by atoms with E-state index < -0.39 is 12.1 Å². The van der Waals surface area contributed by atoms with Crippen LogP contribution in [0.15, 0.2) is 48.5 Å². The van der Waals surface area contributed by atoms with Crippen LogP contribution in [0.25, 0.3) is 0 Å². The zero-order valence-corrected chi connectivity index (χ0v) is 13.6. The molecule has 0 aliphatic heterocycles. The first-order valence-corrected chi connectivity index (χ1v) is 8.03. The lowest BCUT2D eigenvalue weighted by molar-refractivity contribution is -0.130. The minimum absolute atomic E-state index is 0.175. The number of hydrogen-bond donors (Lipinski definition) is 2. The van der Waals surface area contributed by atoms with Crippen molar-refractivity contribution in [2.24, 2.45) is 0 Å². The van der Waals surface area contributed by atoms with E-state index in [1.165, 1.54) is 18.2 Å². The average molecular weight is 345 g/mol. The van der Waals surface area contributed by atoms with Gasteiger partial charge in [-0.3, -0.25) is 4.79 Å². The Morgan fingerprint density at radius 2 is 1.88 bits per heavy atom. The third-order valence-corrected chi connectivity index (χ3v) is 4.06. The van der Waals surface area contributed by atoms with E-state index in [-0.39, 0.29) is 23.2 Å². The molecule has 0 bridgehead atoms. The van der Waals surface area contributed by atoms with E-state index in [0.29, 0.717) is 10.6 Å². The fourth-order valence-corrected chi connectivity index (χ4v) is 2.37. The number of benzene rings is 2. The molecule has 24 heavy (non-hydrogen) atoms.